The molecule has 3 rings (SSSR count). The van der Waals surface area contributed by atoms with Crippen molar-refractivity contribution < 1.29 is 9.47 Å². The Labute approximate surface area is 145 Å². The molecule has 1 aromatic heterocycles. The molecule has 0 amide bonds. The molecule has 3 heterocycles. The molecular formula is C15H11BrN4O2S. The number of ether oxygens (including phenoxy) is 2. The molecule has 2 bridgehead atoms. The molecule has 0 radical (unpaired) electrons. The zero-order valence-corrected chi connectivity index (χ0v) is 14.7. The van der Waals surface area contributed by atoms with Crippen LogP contribution in [-0.2, 0) is 9.47 Å². The van der Waals surface area contributed by atoms with Crippen molar-refractivity contribution in [1.82, 2.24) is 0 Å². The van der Waals surface area contributed by atoms with E-state index in [2.05, 4.69) is 22.0 Å². The first kappa shape index (κ1) is 16.0. The van der Waals surface area contributed by atoms with Gasteiger partial charge in [-0.15, -0.1) is 11.3 Å². The van der Waals surface area contributed by atoms with Crippen molar-refractivity contribution >= 4 is 33.2 Å². The third-order valence-corrected chi connectivity index (χ3v) is 6.51. The van der Waals surface area contributed by atoms with Gasteiger partial charge in [0.25, 0.3) is 0 Å². The summed E-state index contributed by atoms with van der Waals surface area (Å²) in [6, 6.07) is 9.55. The number of hydrogen-bond acceptors (Lipinski definition) is 7. The fourth-order valence-electron chi connectivity index (χ4n) is 3.43. The highest BCUT2D eigenvalue weighted by atomic mass is 79.9. The van der Waals surface area contributed by atoms with Gasteiger partial charge in [0.2, 0.25) is 17.1 Å². The summed E-state index contributed by atoms with van der Waals surface area (Å²) in [4.78, 5) is 0.635. The second-order valence-corrected chi connectivity index (χ2v) is 8.25. The lowest BCUT2D eigenvalue weighted by Gasteiger charge is -2.47. The number of hydrogen-bond donors (Lipinski definition) is 1. The molecule has 2 aliphatic rings. The molecule has 0 spiro atoms. The maximum Gasteiger partial charge on any atom is 0.214 e. The fraction of sp³-hybridized carbons (Fsp3) is 0.467. The monoisotopic (exact) mass is 390 g/mol. The van der Waals surface area contributed by atoms with Crippen LogP contribution >= 0.6 is 27.3 Å². The second-order valence-electron chi connectivity index (χ2n) is 5.76. The zero-order valence-electron chi connectivity index (χ0n) is 12.3. The number of halogens is 1. The third kappa shape index (κ3) is 1.65. The third-order valence-electron chi connectivity index (χ3n) is 4.85. The molecule has 6 nitrogen and oxygen atoms in total. The van der Waals surface area contributed by atoms with Crippen molar-refractivity contribution in [3.8, 4) is 18.2 Å². The minimum absolute atomic E-state index is 0.378. The highest BCUT2D eigenvalue weighted by molar-refractivity contribution is 9.11. The van der Waals surface area contributed by atoms with Crippen molar-refractivity contribution in [2.24, 2.45) is 16.7 Å². The highest BCUT2D eigenvalue weighted by Crippen LogP contribution is 2.66. The Balaban J connectivity index is 2.33. The van der Waals surface area contributed by atoms with Crippen molar-refractivity contribution in [2.45, 2.75) is 25.7 Å². The van der Waals surface area contributed by atoms with Crippen LogP contribution in [0.2, 0.25) is 0 Å². The number of nitrogens with zero attached hydrogens (tertiary/aromatic N) is 3. The molecule has 0 saturated carbocycles. The first-order chi connectivity index (χ1) is 10.8. The summed E-state index contributed by atoms with van der Waals surface area (Å²) in [6.07, 6.45) is -0.975. The van der Waals surface area contributed by atoms with E-state index in [1.54, 1.807) is 26.0 Å². The molecule has 2 fully saturated rings. The highest BCUT2D eigenvalue weighted by Gasteiger charge is 2.78. The summed E-state index contributed by atoms with van der Waals surface area (Å²) in [7, 11) is 0. The standard InChI is InChI=1S/C15H11BrN4O2S/c1-8-13(2)21-11(9-3-4-10(16)23-9)14(5-17,6-18)15(8,7-19)12(20)22-13/h3-4,8,11,20H,1-2H3. The van der Waals surface area contributed by atoms with Gasteiger partial charge in [0.1, 0.15) is 6.10 Å². The van der Waals surface area contributed by atoms with E-state index in [1.165, 1.54) is 11.3 Å². The van der Waals surface area contributed by atoms with Gasteiger partial charge in [-0.05, 0) is 28.1 Å². The molecule has 116 valence electrons. The van der Waals surface area contributed by atoms with Crippen LogP contribution in [0.3, 0.4) is 0 Å². The van der Waals surface area contributed by atoms with Crippen LogP contribution in [0.25, 0.3) is 0 Å². The smallest absolute Gasteiger partial charge is 0.214 e. The lowest BCUT2D eigenvalue weighted by atomic mass is 9.54. The SMILES string of the molecule is CC1C2(C)OC(=N)C1(C#N)C(C#N)(C#N)C(c1ccc(Br)s1)O2. The summed E-state index contributed by atoms with van der Waals surface area (Å²) >= 11 is 4.68. The number of fused-ring (bicyclic) bond motifs is 2. The Morgan fingerprint density at radius 1 is 1.26 bits per heavy atom. The van der Waals surface area contributed by atoms with Gasteiger partial charge in [0.15, 0.2) is 5.41 Å². The molecule has 0 aliphatic carbocycles. The Morgan fingerprint density at radius 2 is 1.91 bits per heavy atom. The van der Waals surface area contributed by atoms with E-state index in [9.17, 15) is 15.8 Å². The molecule has 0 aromatic carbocycles. The quantitative estimate of drug-likeness (QED) is 0.787. The van der Waals surface area contributed by atoms with Gasteiger partial charge in [-0.1, -0.05) is 6.92 Å². The van der Waals surface area contributed by atoms with Crippen LogP contribution in [-0.4, -0.2) is 11.7 Å². The van der Waals surface area contributed by atoms with Crippen molar-refractivity contribution in [3.05, 3.63) is 20.8 Å². The number of thiophene rings is 1. The number of nitriles is 3. The number of nitrogens with one attached hydrogen (secondary N) is 1. The van der Waals surface area contributed by atoms with Gasteiger partial charge in [0.05, 0.1) is 27.9 Å². The zero-order chi connectivity index (χ0) is 17.0. The van der Waals surface area contributed by atoms with Crippen LogP contribution in [0.5, 0.6) is 0 Å². The lowest BCUT2D eigenvalue weighted by molar-refractivity contribution is -0.268. The van der Waals surface area contributed by atoms with Crippen LogP contribution in [0.4, 0.5) is 0 Å². The van der Waals surface area contributed by atoms with E-state index in [0.717, 1.165) is 3.79 Å². The average molecular weight is 391 g/mol. The van der Waals surface area contributed by atoms with Gasteiger partial charge in [-0.2, -0.15) is 15.8 Å². The van der Waals surface area contributed by atoms with E-state index >= 15 is 0 Å². The predicted octanol–water partition coefficient (Wildman–Crippen LogP) is 3.49. The molecule has 8 heteroatoms. The largest absolute Gasteiger partial charge is 0.448 e. The molecule has 2 aliphatic heterocycles. The summed E-state index contributed by atoms with van der Waals surface area (Å²) in [6.45, 7) is 3.31. The van der Waals surface area contributed by atoms with Gasteiger partial charge >= 0.3 is 0 Å². The van der Waals surface area contributed by atoms with E-state index in [4.69, 9.17) is 14.9 Å². The van der Waals surface area contributed by atoms with Crippen molar-refractivity contribution in [2.75, 3.05) is 0 Å². The van der Waals surface area contributed by atoms with Gasteiger partial charge < -0.3 is 9.47 Å². The maximum absolute atomic E-state index is 9.86. The Bertz CT molecular complexity index is 818. The average Bonchev–Trinajstić information content (AvgIpc) is 3.00. The normalized spacial score (nSPS) is 37.3. The molecular weight excluding hydrogens is 380 g/mol. The molecule has 4 atom stereocenters. The van der Waals surface area contributed by atoms with Crippen LogP contribution in [0.1, 0.15) is 24.8 Å². The molecule has 4 unspecified atom stereocenters. The van der Waals surface area contributed by atoms with E-state index in [-0.39, 0.29) is 5.90 Å². The Hall–Kier alpha value is -1.92. The first-order valence-electron chi connectivity index (χ1n) is 6.76. The topological polar surface area (TPSA) is 114 Å². The van der Waals surface area contributed by atoms with E-state index < -0.39 is 28.6 Å². The summed E-state index contributed by atoms with van der Waals surface area (Å²) in [5.74, 6) is -2.24. The summed E-state index contributed by atoms with van der Waals surface area (Å²) in [5, 5.41) is 37.7. The van der Waals surface area contributed by atoms with Crippen LogP contribution in [0.15, 0.2) is 15.9 Å². The van der Waals surface area contributed by atoms with E-state index in [1.807, 2.05) is 12.1 Å². The second kappa shape index (κ2) is 4.79. The molecule has 23 heavy (non-hydrogen) atoms. The van der Waals surface area contributed by atoms with Crippen LogP contribution < -0.4 is 0 Å². The van der Waals surface area contributed by atoms with E-state index in [0.29, 0.717) is 4.88 Å². The predicted molar refractivity (Wildman–Crippen MR) is 83.9 cm³/mol. The Kier molecular flexibility index (Phi) is 3.32. The fourth-order valence-corrected chi connectivity index (χ4v) is 4.95. The molecule has 2 saturated heterocycles. The van der Waals surface area contributed by atoms with Crippen molar-refractivity contribution in [1.29, 1.82) is 21.2 Å². The summed E-state index contributed by atoms with van der Waals surface area (Å²) < 4.78 is 12.3. The molecule has 1 aromatic rings. The number of rotatable bonds is 1. The molecule has 1 N–H and O–H groups in total. The maximum atomic E-state index is 9.86. The van der Waals surface area contributed by atoms with Gasteiger partial charge in [0, 0.05) is 11.8 Å². The summed E-state index contributed by atoms with van der Waals surface area (Å²) in [5.41, 5.74) is -3.54. The minimum atomic E-state index is -1.86. The van der Waals surface area contributed by atoms with Crippen LogP contribution in [0, 0.1) is 56.2 Å². The lowest BCUT2D eigenvalue weighted by Crippen LogP contribution is -2.57. The first-order valence-corrected chi connectivity index (χ1v) is 8.37. The minimum Gasteiger partial charge on any atom is -0.448 e. The van der Waals surface area contributed by atoms with Crippen molar-refractivity contribution in [3.63, 3.8) is 0 Å². The van der Waals surface area contributed by atoms with Gasteiger partial charge in [-0.3, -0.25) is 5.41 Å². The van der Waals surface area contributed by atoms with Gasteiger partial charge in [-0.25, -0.2) is 0 Å². The Morgan fingerprint density at radius 3 is 2.39 bits per heavy atom.